The zero-order chi connectivity index (χ0) is 14.3. The number of hydrogen-bond acceptors (Lipinski definition) is 4. The molecule has 1 aliphatic carbocycles. The topological polar surface area (TPSA) is 28.2 Å². The van der Waals surface area contributed by atoms with Crippen LogP contribution in [-0.4, -0.2) is 34.6 Å². The zero-order valence-corrected chi connectivity index (χ0v) is 14.0. The lowest BCUT2D eigenvalue weighted by Crippen LogP contribution is -2.64. The van der Waals surface area contributed by atoms with Crippen LogP contribution in [0, 0.1) is 18.8 Å². The Kier molecular flexibility index (Phi) is 3.91. The Balaban J connectivity index is 1.74. The maximum atomic E-state index is 4.66. The second-order valence-corrected chi connectivity index (χ2v) is 8.11. The smallest absolute Gasteiger partial charge is 0.107 e. The molecule has 1 aromatic heterocycles. The van der Waals surface area contributed by atoms with Gasteiger partial charge in [0, 0.05) is 35.7 Å². The highest BCUT2D eigenvalue weighted by atomic mass is 32.1. The summed E-state index contributed by atoms with van der Waals surface area (Å²) in [5.41, 5.74) is 1.48. The van der Waals surface area contributed by atoms with Gasteiger partial charge in [-0.25, -0.2) is 4.98 Å². The molecule has 3 rings (SSSR count). The van der Waals surface area contributed by atoms with Gasteiger partial charge in [0.25, 0.3) is 0 Å². The summed E-state index contributed by atoms with van der Waals surface area (Å²) in [5, 5.41) is 7.29. The van der Waals surface area contributed by atoms with E-state index in [1.807, 2.05) is 11.3 Å². The van der Waals surface area contributed by atoms with E-state index in [0.29, 0.717) is 17.5 Å². The number of nitrogens with zero attached hydrogens (tertiary/aromatic N) is 2. The summed E-state index contributed by atoms with van der Waals surface area (Å²) in [6, 6.07) is 0.631. The van der Waals surface area contributed by atoms with E-state index in [-0.39, 0.29) is 0 Å². The van der Waals surface area contributed by atoms with E-state index >= 15 is 0 Å². The van der Waals surface area contributed by atoms with Crippen molar-refractivity contribution in [3.8, 4) is 0 Å². The third-order valence-corrected chi connectivity index (χ3v) is 5.92. The molecule has 2 atom stereocenters. The van der Waals surface area contributed by atoms with Crippen molar-refractivity contribution in [2.45, 2.75) is 58.7 Å². The second-order valence-electron chi connectivity index (χ2n) is 7.17. The fourth-order valence-corrected chi connectivity index (χ4v) is 4.33. The Labute approximate surface area is 126 Å². The number of nitrogens with one attached hydrogen (secondary N) is 1. The SMILES string of the molecule is Cc1csc(CN2CC(C)(C3CC3)NCC2C(C)C)n1. The highest BCUT2D eigenvalue weighted by Gasteiger charge is 2.46. The lowest BCUT2D eigenvalue weighted by atomic mass is 9.88. The van der Waals surface area contributed by atoms with Crippen LogP contribution in [0.4, 0.5) is 0 Å². The largest absolute Gasteiger partial charge is 0.308 e. The first-order valence-corrected chi connectivity index (χ1v) is 8.76. The number of aromatic nitrogens is 1. The molecule has 20 heavy (non-hydrogen) atoms. The number of aryl methyl sites for hydroxylation is 1. The Bertz CT molecular complexity index is 466. The quantitative estimate of drug-likeness (QED) is 0.925. The molecule has 3 nitrogen and oxygen atoms in total. The van der Waals surface area contributed by atoms with E-state index in [4.69, 9.17) is 0 Å². The van der Waals surface area contributed by atoms with Crippen molar-refractivity contribution < 1.29 is 0 Å². The van der Waals surface area contributed by atoms with Gasteiger partial charge < -0.3 is 5.32 Å². The molecule has 0 bridgehead atoms. The van der Waals surface area contributed by atoms with Crippen molar-refractivity contribution >= 4 is 11.3 Å². The van der Waals surface area contributed by atoms with Gasteiger partial charge in [-0.3, -0.25) is 4.90 Å². The standard InChI is InChI=1S/C16H27N3S/c1-11(2)14-7-17-16(4,13-5-6-13)10-19(14)8-15-18-12(3)9-20-15/h9,11,13-14,17H,5-8,10H2,1-4H3. The third-order valence-electron chi connectivity index (χ3n) is 4.97. The minimum absolute atomic E-state index is 0.317. The molecular formula is C16H27N3S. The molecule has 4 heteroatoms. The highest BCUT2D eigenvalue weighted by molar-refractivity contribution is 7.09. The summed E-state index contributed by atoms with van der Waals surface area (Å²) in [4.78, 5) is 7.34. The summed E-state index contributed by atoms with van der Waals surface area (Å²) in [6.07, 6.45) is 2.81. The van der Waals surface area contributed by atoms with E-state index in [1.54, 1.807) is 0 Å². The van der Waals surface area contributed by atoms with Crippen molar-refractivity contribution in [2.75, 3.05) is 13.1 Å². The summed E-state index contributed by atoms with van der Waals surface area (Å²) in [7, 11) is 0. The average molecular weight is 293 g/mol. The Morgan fingerprint density at radius 1 is 1.50 bits per heavy atom. The molecule has 112 valence electrons. The molecule has 1 aliphatic heterocycles. The lowest BCUT2D eigenvalue weighted by molar-refractivity contribution is 0.0462. The van der Waals surface area contributed by atoms with Crippen molar-refractivity contribution in [3.05, 3.63) is 16.1 Å². The molecule has 0 radical (unpaired) electrons. The first-order valence-electron chi connectivity index (χ1n) is 7.88. The monoisotopic (exact) mass is 293 g/mol. The number of piperazine rings is 1. The van der Waals surface area contributed by atoms with Crippen molar-refractivity contribution in [2.24, 2.45) is 11.8 Å². The van der Waals surface area contributed by atoms with Gasteiger partial charge in [0.1, 0.15) is 5.01 Å². The Morgan fingerprint density at radius 3 is 2.80 bits per heavy atom. The summed E-state index contributed by atoms with van der Waals surface area (Å²) in [6.45, 7) is 12.5. The van der Waals surface area contributed by atoms with Crippen LogP contribution in [0.25, 0.3) is 0 Å². The van der Waals surface area contributed by atoms with Gasteiger partial charge in [-0.1, -0.05) is 13.8 Å². The third kappa shape index (κ3) is 2.92. The Hall–Kier alpha value is -0.450. The minimum Gasteiger partial charge on any atom is -0.308 e. The predicted molar refractivity (Wildman–Crippen MR) is 85.0 cm³/mol. The molecule has 2 heterocycles. The van der Waals surface area contributed by atoms with Gasteiger partial charge in [-0.05, 0) is 38.5 Å². The number of thiazole rings is 1. The van der Waals surface area contributed by atoms with E-state index in [0.717, 1.165) is 24.7 Å². The molecule has 1 aromatic rings. The maximum absolute atomic E-state index is 4.66. The van der Waals surface area contributed by atoms with Crippen LogP contribution in [0.5, 0.6) is 0 Å². The minimum atomic E-state index is 0.317. The number of rotatable bonds is 4. The van der Waals surface area contributed by atoms with Crippen LogP contribution in [-0.2, 0) is 6.54 Å². The fraction of sp³-hybridized carbons (Fsp3) is 0.812. The van der Waals surface area contributed by atoms with Crippen LogP contribution in [0.3, 0.4) is 0 Å². The van der Waals surface area contributed by atoms with E-state index in [9.17, 15) is 0 Å². The summed E-state index contributed by atoms with van der Waals surface area (Å²) >= 11 is 1.81. The molecule has 0 spiro atoms. The molecular weight excluding hydrogens is 266 g/mol. The second kappa shape index (κ2) is 5.39. The molecule has 1 saturated heterocycles. The first kappa shape index (κ1) is 14.5. The number of hydrogen-bond donors (Lipinski definition) is 1. The molecule has 1 N–H and O–H groups in total. The zero-order valence-electron chi connectivity index (χ0n) is 13.1. The van der Waals surface area contributed by atoms with Crippen molar-refractivity contribution in [3.63, 3.8) is 0 Å². The van der Waals surface area contributed by atoms with Gasteiger partial charge in [0.05, 0.1) is 6.54 Å². The van der Waals surface area contributed by atoms with Gasteiger partial charge in [-0.2, -0.15) is 0 Å². The summed E-state index contributed by atoms with van der Waals surface area (Å²) in [5.74, 6) is 1.57. The van der Waals surface area contributed by atoms with Crippen LogP contribution >= 0.6 is 11.3 Å². The molecule has 0 aromatic carbocycles. The lowest BCUT2D eigenvalue weighted by Gasteiger charge is -2.48. The highest BCUT2D eigenvalue weighted by Crippen LogP contribution is 2.42. The molecule has 2 fully saturated rings. The molecule has 2 aliphatic rings. The molecule has 2 unspecified atom stereocenters. The normalized spacial score (nSPS) is 31.9. The van der Waals surface area contributed by atoms with Gasteiger partial charge in [-0.15, -0.1) is 11.3 Å². The predicted octanol–water partition coefficient (Wildman–Crippen LogP) is 3.05. The van der Waals surface area contributed by atoms with E-state index in [2.05, 4.69) is 48.3 Å². The van der Waals surface area contributed by atoms with Crippen LogP contribution < -0.4 is 5.32 Å². The molecule has 1 saturated carbocycles. The van der Waals surface area contributed by atoms with Crippen LogP contribution in [0.15, 0.2) is 5.38 Å². The fourth-order valence-electron chi connectivity index (χ4n) is 3.54. The Morgan fingerprint density at radius 2 is 2.25 bits per heavy atom. The average Bonchev–Trinajstić information content (AvgIpc) is 3.15. The van der Waals surface area contributed by atoms with Crippen LogP contribution in [0.2, 0.25) is 0 Å². The van der Waals surface area contributed by atoms with Gasteiger partial charge in [0.15, 0.2) is 0 Å². The van der Waals surface area contributed by atoms with E-state index in [1.165, 1.54) is 24.4 Å². The van der Waals surface area contributed by atoms with Crippen LogP contribution in [0.1, 0.15) is 44.3 Å². The van der Waals surface area contributed by atoms with E-state index < -0.39 is 0 Å². The van der Waals surface area contributed by atoms with Gasteiger partial charge in [0.2, 0.25) is 0 Å². The van der Waals surface area contributed by atoms with Crippen molar-refractivity contribution in [1.29, 1.82) is 0 Å². The van der Waals surface area contributed by atoms with Gasteiger partial charge >= 0.3 is 0 Å². The first-order chi connectivity index (χ1) is 9.48. The maximum Gasteiger partial charge on any atom is 0.107 e. The van der Waals surface area contributed by atoms with Crippen molar-refractivity contribution in [1.82, 2.24) is 15.2 Å². The summed E-state index contributed by atoms with van der Waals surface area (Å²) < 4.78 is 0. The molecule has 0 amide bonds.